The zero-order chi connectivity index (χ0) is 10.6. The standard InChI is InChI=1S/C9H18BrNO3/c1-13-6-7-14-5-3-2-4-11-9(12)8-10/h2-8H2,1H3,(H,11,12). The highest BCUT2D eigenvalue weighted by molar-refractivity contribution is 9.09. The fraction of sp³-hybridized carbons (Fsp3) is 0.889. The van der Waals surface area contributed by atoms with E-state index in [0.29, 0.717) is 18.5 Å². The van der Waals surface area contributed by atoms with E-state index in [-0.39, 0.29) is 5.91 Å². The van der Waals surface area contributed by atoms with Crippen molar-refractivity contribution in [1.29, 1.82) is 0 Å². The predicted molar refractivity (Wildman–Crippen MR) is 58.7 cm³/mol. The van der Waals surface area contributed by atoms with Crippen LogP contribution < -0.4 is 5.32 Å². The minimum absolute atomic E-state index is 0.0327. The summed E-state index contributed by atoms with van der Waals surface area (Å²) in [5.74, 6) is 0.0327. The van der Waals surface area contributed by atoms with Gasteiger partial charge in [0, 0.05) is 20.3 Å². The van der Waals surface area contributed by atoms with E-state index in [1.807, 2.05) is 0 Å². The van der Waals surface area contributed by atoms with Crippen LogP contribution in [0.2, 0.25) is 0 Å². The topological polar surface area (TPSA) is 47.6 Å². The average Bonchev–Trinajstić information content (AvgIpc) is 2.21. The van der Waals surface area contributed by atoms with Gasteiger partial charge in [0.25, 0.3) is 0 Å². The molecule has 0 unspecified atom stereocenters. The molecular formula is C9H18BrNO3. The smallest absolute Gasteiger partial charge is 0.230 e. The summed E-state index contributed by atoms with van der Waals surface area (Å²) < 4.78 is 10.1. The van der Waals surface area contributed by atoms with Gasteiger partial charge in [0.05, 0.1) is 18.5 Å². The van der Waals surface area contributed by atoms with Crippen LogP contribution in [0.5, 0.6) is 0 Å². The van der Waals surface area contributed by atoms with Gasteiger partial charge < -0.3 is 14.8 Å². The normalized spacial score (nSPS) is 10.1. The number of alkyl halides is 1. The quantitative estimate of drug-likeness (QED) is 0.500. The molecule has 1 N–H and O–H groups in total. The number of nitrogens with one attached hydrogen (secondary N) is 1. The van der Waals surface area contributed by atoms with E-state index in [2.05, 4.69) is 21.2 Å². The minimum Gasteiger partial charge on any atom is -0.382 e. The van der Waals surface area contributed by atoms with Crippen molar-refractivity contribution in [2.45, 2.75) is 12.8 Å². The number of methoxy groups -OCH3 is 1. The van der Waals surface area contributed by atoms with Crippen molar-refractivity contribution in [2.24, 2.45) is 0 Å². The monoisotopic (exact) mass is 267 g/mol. The van der Waals surface area contributed by atoms with E-state index >= 15 is 0 Å². The highest BCUT2D eigenvalue weighted by Crippen LogP contribution is 1.89. The van der Waals surface area contributed by atoms with Crippen molar-refractivity contribution in [3.05, 3.63) is 0 Å². The number of rotatable bonds is 9. The summed E-state index contributed by atoms with van der Waals surface area (Å²) in [6.45, 7) is 2.73. The van der Waals surface area contributed by atoms with Crippen LogP contribution in [-0.4, -0.2) is 44.7 Å². The van der Waals surface area contributed by atoms with Crippen molar-refractivity contribution >= 4 is 21.8 Å². The molecule has 4 nitrogen and oxygen atoms in total. The maximum absolute atomic E-state index is 10.8. The fourth-order valence-corrected chi connectivity index (χ4v) is 1.05. The molecule has 0 atom stereocenters. The second-order valence-corrected chi connectivity index (χ2v) is 3.36. The second kappa shape index (κ2) is 10.9. The van der Waals surface area contributed by atoms with Crippen molar-refractivity contribution in [2.75, 3.05) is 38.8 Å². The number of unbranched alkanes of at least 4 members (excludes halogenated alkanes) is 1. The Morgan fingerprint density at radius 1 is 1.29 bits per heavy atom. The van der Waals surface area contributed by atoms with Gasteiger partial charge >= 0.3 is 0 Å². The Labute approximate surface area is 93.5 Å². The van der Waals surface area contributed by atoms with Gasteiger partial charge in [-0.15, -0.1) is 0 Å². The molecule has 0 aliphatic carbocycles. The second-order valence-electron chi connectivity index (χ2n) is 2.80. The van der Waals surface area contributed by atoms with Gasteiger partial charge in [-0.2, -0.15) is 0 Å². The van der Waals surface area contributed by atoms with Gasteiger partial charge in [-0.25, -0.2) is 0 Å². The zero-order valence-corrected chi connectivity index (χ0v) is 10.1. The highest BCUT2D eigenvalue weighted by atomic mass is 79.9. The van der Waals surface area contributed by atoms with E-state index < -0.39 is 0 Å². The SMILES string of the molecule is COCCOCCCCNC(=O)CBr. The molecule has 0 aromatic rings. The lowest BCUT2D eigenvalue weighted by Gasteiger charge is -2.04. The van der Waals surface area contributed by atoms with Crippen molar-refractivity contribution in [3.8, 4) is 0 Å². The van der Waals surface area contributed by atoms with Crippen LogP contribution in [0.1, 0.15) is 12.8 Å². The van der Waals surface area contributed by atoms with Crippen LogP contribution in [0.15, 0.2) is 0 Å². The number of amides is 1. The van der Waals surface area contributed by atoms with Gasteiger partial charge in [0.15, 0.2) is 0 Å². The molecule has 0 saturated carbocycles. The zero-order valence-electron chi connectivity index (χ0n) is 8.55. The maximum atomic E-state index is 10.8. The molecular weight excluding hydrogens is 250 g/mol. The molecule has 0 aliphatic heterocycles. The van der Waals surface area contributed by atoms with Crippen molar-refractivity contribution in [3.63, 3.8) is 0 Å². The fourth-order valence-electron chi connectivity index (χ4n) is 0.848. The number of carbonyl (C=O) groups excluding carboxylic acids is 1. The van der Waals surface area contributed by atoms with E-state index in [1.54, 1.807) is 7.11 Å². The summed E-state index contributed by atoms with van der Waals surface area (Å²) >= 11 is 3.08. The Kier molecular flexibility index (Phi) is 10.8. The molecule has 1 amide bonds. The third-order valence-corrected chi connectivity index (χ3v) is 2.10. The Morgan fingerprint density at radius 2 is 2.07 bits per heavy atom. The van der Waals surface area contributed by atoms with Gasteiger partial charge in [-0.3, -0.25) is 4.79 Å². The largest absolute Gasteiger partial charge is 0.382 e. The van der Waals surface area contributed by atoms with Gasteiger partial charge in [0.2, 0.25) is 5.91 Å². The Balaban J connectivity index is 2.95. The minimum atomic E-state index is 0.0327. The first-order valence-electron chi connectivity index (χ1n) is 4.70. The first-order chi connectivity index (χ1) is 6.81. The first kappa shape index (κ1) is 13.9. The number of ether oxygens (including phenoxy) is 2. The molecule has 84 valence electrons. The predicted octanol–water partition coefficient (Wildman–Crippen LogP) is 0.941. The number of hydrogen-bond donors (Lipinski definition) is 1. The van der Waals surface area contributed by atoms with Gasteiger partial charge in [-0.05, 0) is 12.8 Å². The Bertz CT molecular complexity index is 144. The Hall–Kier alpha value is -0.130. The maximum Gasteiger partial charge on any atom is 0.230 e. The van der Waals surface area contributed by atoms with E-state index in [4.69, 9.17) is 9.47 Å². The van der Waals surface area contributed by atoms with Crippen molar-refractivity contribution in [1.82, 2.24) is 5.32 Å². The van der Waals surface area contributed by atoms with Gasteiger partial charge in [-0.1, -0.05) is 15.9 Å². The highest BCUT2D eigenvalue weighted by Gasteiger charge is 1.95. The molecule has 0 saturated heterocycles. The molecule has 0 heterocycles. The summed E-state index contributed by atoms with van der Waals surface area (Å²) in [6, 6.07) is 0. The molecule has 0 aromatic heterocycles. The van der Waals surface area contributed by atoms with Crippen LogP contribution in [0, 0.1) is 0 Å². The third-order valence-electron chi connectivity index (χ3n) is 1.59. The van der Waals surface area contributed by atoms with Crippen LogP contribution in [0.25, 0.3) is 0 Å². The van der Waals surface area contributed by atoms with E-state index in [1.165, 1.54) is 0 Å². The van der Waals surface area contributed by atoms with Crippen molar-refractivity contribution < 1.29 is 14.3 Å². The lowest BCUT2D eigenvalue weighted by molar-refractivity contribution is -0.118. The molecule has 0 aliphatic rings. The lowest BCUT2D eigenvalue weighted by atomic mass is 10.3. The summed E-state index contributed by atoms with van der Waals surface area (Å²) in [6.07, 6.45) is 1.91. The van der Waals surface area contributed by atoms with E-state index in [9.17, 15) is 4.79 Å². The summed E-state index contributed by atoms with van der Waals surface area (Å²) in [5.41, 5.74) is 0. The van der Waals surface area contributed by atoms with E-state index in [0.717, 1.165) is 26.0 Å². The molecule has 5 heteroatoms. The Morgan fingerprint density at radius 3 is 2.71 bits per heavy atom. The molecule has 0 spiro atoms. The molecule has 14 heavy (non-hydrogen) atoms. The molecule has 0 radical (unpaired) electrons. The average molecular weight is 268 g/mol. The summed E-state index contributed by atoms with van der Waals surface area (Å²) in [5, 5.41) is 3.14. The number of hydrogen-bond acceptors (Lipinski definition) is 3. The number of halogens is 1. The summed E-state index contributed by atoms with van der Waals surface area (Å²) in [4.78, 5) is 10.8. The molecule has 0 rings (SSSR count). The summed E-state index contributed by atoms with van der Waals surface area (Å²) in [7, 11) is 1.65. The van der Waals surface area contributed by atoms with Crippen LogP contribution >= 0.6 is 15.9 Å². The molecule has 0 fully saturated rings. The van der Waals surface area contributed by atoms with Crippen LogP contribution in [0.4, 0.5) is 0 Å². The first-order valence-corrected chi connectivity index (χ1v) is 5.82. The third kappa shape index (κ3) is 9.95. The van der Waals surface area contributed by atoms with Gasteiger partial charge in [0.1, 0.15) is 0 Å². The van der Waals surface area contributed by atoms with Crippen LogP contribution in [-0.2, 0) is 14.3 Å². The molecule has 0 aromatic carbocycles. The molecule has 0 bridgehead atoms. The van der Waals surface area contributed by atoms with Crippen LogP contribution in [0.3, 0.4) is 0 Å². The lowest BCUT2D eigenvalue weighted by Crippen LogP contribution is -2.25. The number of carbonyl (C=O) groups is 1.